The molecule has 0 fully saturated rings. The second kappa shape index (κ2) is 6.39. The summed E-state index contributed by atoms with van der Waals surface area (Å²) >= 11 is 0. The van der Waals surface area contributed by atoms with Crippen molar-refractivity contribution in [3.05, 3.63) is 24.3 Å². The summed E-state index contributed by atoms with van der Waals surface area (Å²) in [4.78, 5) is 0.284. The zero-order chi connectivity index (χ0) is 14.5. The van der Waals surface area contributed by atoms with Gasteiger partial charge in [-0.25, -0.2) is 8.42 Å². The average Bonchev–Trinajstić information content (AvgIpc) is 2.34. The van der Waals surface area contributed by atoms with Gasteiger partial charge in [0.25, 0.3) is 0 Å². The van der Waals surface area contributed by atoms with Crippen molar-refractivity contribution in [3.8, 4) is 5.75 Å². The largest absolute Gasteiger partial charge is 0.492 e. The van der Waals surface area contributed by atoms with E-state index in [1.807, 2.05) is 0 Å². The van der Waals surface area contributed by atoms with Crippen molar-refractivity contribution in [2.45, 2.75) is 37.6 Å². The van der Waals surface area contributed by atoms with Crippen LogP contribution in [-0.2, 0) is 9.84 Å². The molecule has 0 spiro atoms. The quantitative estimate of drug-likeness (QED) is 0.781. The fraction of sp³-hybridized carbons (Fsp3) is 0.571. The maximum Gasteiger partial charge on any atom is 0.175 e. The van der Waals surface area contributed by atoms with Crippen molar-refractivity contribution in [2.24, 2.45) is 0 Å². The number of benzene rings is 1. The van der Waals surface area contributed by atoms with Crippen LogP contribution in [0, 0.1) is 0 Å². The molecule has 0 aliphatic rings. The second-order valence-electron chi connectivity index (χ2n) is 5.26. The molecule has 108 valence electrons. The van der Waals surface area contributed by atoms with Crippen LogP contribution in [0.1, 0.15) is 27.2 Å². The lowest BCUT2D eigenvalue weighted by atomic mass is 10.0. The van der Waals surface area contributed by atoms with E-state index in [1.54, 1.807) is 24.3 Å². The van der Waals surface area contributed by atoms with Gasteiger partial charge in [0.1, 0.15) is 12.4 Å². The molecule has 0 bridgehead atoms. The van der Waals surface area contributed by atoms with Crippen molar-refractivity contribution in [3.63, 3.8) is 0 Å². The van der Waals surface area contributed by atoms with Gasteiger partial charge in [0.2, 0.25) is 0 Å². The Balaban J connectivity index is 2.51. The highest BCUT2D eigenvalue weighted by Gasteiger charge is 2.13. The van der Waals surface area contributed by atoms with Crippen molar-refractivity contribution in [1.82, 2.24) is 5.32 Å². The van der Waals surface area contributed by atoms with Gasteiger partial charge in [0, 0.05) is 18.3 Å². The summed E-state index contributed by atoms with van der Waals surface area (Å²) in [6.07, 6.45) is 2.23. The first-order valence-electron chi connectivity index (χ1n) is 6.42. The van der Waals surface area contributed by atoms with Crippen LogP contribution in [0.4, 0.5) is 0 Å². The molecule has 1 N–H and O–H groups in total. The highest BCUT2D eigenvalue weighted by molar-refractivity contribution is 7.90. The molecule has 1 aromatic rings. The zero-order valence-electron chi connectivity index (χ0n) is 12.1. The SMILES string of the molecule is CCC(C)(C)NCCOc1cccc(S(C)(=O)=O)c1. The van der Waals surface area contributed by atoms with E-state index >= 15 is 0 Å². The van der Waals surface area contributed by atoms with Crippen LogP contribution in [0.2, 0.25) is 0 Å². The summed E-state index contributed by atoms with van der Waals surface area (Å²) in [5, 5.41) is 3.38. The maximum absolute atomic E-state index is 11.4. The predicted octanol–water partition coefficient (Wildman–Crippen LogP) is 2.25. The molecule has 0 heterocycles. The molecular formula is C14H23NO3S. The molecule has 0 saturated heterocycles. The molecule has 0 atom stereocenters. The Kier molecular flexibility index (Phi) is 5.38. The molecule has 19 heavy (non-hydrogen) atoms. The van der Waals surface area contributed by atoms with Gasteiger partial charge in [-0.2, -0.15) is 0 Å². The van der Waals surface area contributed by atoms with Gasteiger partial charge < -0.3 is 10.1 Å². The van der Waals surface area contributed by atoms with Crippen LogP contribution >= 0.6 is 0 Å². The maximum atomic E-state index is 11.4. The van der Waals surface area contributed by atoms with Crippen molar-refractivity contribution >= 4 is 9.84 Å². The lowest BCUT2D eigenvalue weighted by molar-refractivity contribution is 0.280. The van der Waals surface area contributed by atoms with Gasteiger partial charge in [-0.05, 0) is 38.5 Å². The highest BCUT2D eigenvalue weighted by atomic mass is 32.2. The molecule has 0 aliphatic heterocycles. The Morgan fingerprint density at radius 2 is 2.00 bits per heavy atom. The Hall–Kier alpha value is -1.07. The second-order valence-corrected chi connectivity index (χ2v) is 7.28. The Morgan fingerprint density at radius 1 is 1.32 bits per heavy atom. The fourth-order valence-corrected chi connectivity index (χ4v) is 2.13. The van der Waals surface area contributed by atoms with E-state index in [0.29, 0.717) is 12.4 Å². The number of ether oxygens (including phenoxy) is 1. The molecule has 0 aromatic heterocycles. The van der Waals surface area contributed by atoms with E-state index in [4.69, 9.17) is 4.74 Å². The van der Waals surface area contributed by atoms with Crippen molar-refractivity contribution in [1.29, 1.82) is 0 Å². The predicted molar refractivity (Wildman–Crippen MR) is 77.4 cm³/mol. The highest BCUT2D eigenvalue weighted by Crippen LogP contribution is 2.17. The topological polar surface area (TPSA) is 55.4 Å². The van der Waals surface area contributed by atoms with Gasteiger partial charge in [0.15, 0.2) is 9.84 Å². The third-order valence-corrected chi connectivity index (χ3v) is 4.20. The van der Waals surface area contributed by atoms with E-state index in [9.17, 15) is 8.42 Å². The average molecular weight is 285 g/mol. The number of rotatable bonds is 7. The Labute approximate surface area is 116 Å². The molecule has 1 aromatic carbocycles. The van der Waals surface area contributed by atoms with Crippen molar-refractivity contribution in [2.75, 3.05) is 19.4 Å². The lowest BCUT2D eigenvalue weighted by Gasteiger charge is -2.24. The summed E-state index contributed by atoms with van der Waals surface area (Å²) < 4.78 is 28.4. The van der Waals surface area contributed by atoms with Gasteiger partial charge in [-0.15, -0.1) is 0 Å². The molecule has 0 amide bonds. The smallest absolute Gasteiger partial charge is 0.175 e. The monoisotopic (exact) mass is 285 g/mol. The molecule has 5 heteroatoms. The van der Waals surface area contributed by atoms with E-state index in [-0.39, 0.29) is 10.4 Å². The fourth-order valence-electron chi connectivity index (χ4n) is 1.48. The van der Waals surface area contributed by atoms with Crippen molar-refractivity contribution < 1.29 is 13.2 Å². The molecule has 1 rings (SSSR count). The molecule has 0 aliphatic carbocycles. The van der Waals surface area contributed by atoms with Crippen LogP contribution in [0.15, 0.2) is 29.2 Å². The van der Waals surface area contributed by atoms with Crippen LogP contribution in [-0.4, -0.2) is 33.4 Å². The van der Waals surface area contributed by atoms with Crippen LogP contribution in [0.5, 0.6) is 5.75 Å². The Bertz CT molecular complexity index is 509. The first kappa shape index (κ1) is 16.0. The number of hydrogen-bond acceptors (Lipinski definition) is 4. The molecule has 4 nitrogen and oxygen atoms in total. The minimum absolute atomic E-state index is 0.0952. The first-order valence-corrected chi connectivity index (χ1v) is 8.32. The van der Waals surface area contributed by atoms with Crippen LogP contribution in [0.3, 0.4) is 0 Å². The van der Waals surface area contributed by atoms with E-state index in [1.165, 1.54) is 6.26 Å². The third kappa shape index (κ3) is 5.61. The zero-order valence-corrected chi connectivity index (χ0v) is 12.9. The van der Waals surface area contributed by atoms with Gasteiger partial charge in [-0.1, -0.05) is 13.0 Å². The van der Waals surface area contributed by atoms with Crippen LogP contribution in [0.25, 0.3) is 0 Å². The molecular weight excluding hydrogens is 262 g/mol. The number of nitrogens with one attached hydrogen (secondary N) is 1. The number of hydrogen-bond donors (Lipinski definition) is 1. The minimum atomic E-state index is -3.18. The lowest BCUT2D eigenvalue weighted by Crippen LogP contribution is -2.40. The Morgan fingerprint density at radius 3 is 2.58 bits per heavy atom. The van der Waals surface area contributed by atoms with E-state index in [2.05, 4.69) is 26.1 Å². The molecule has 0 saturated carbocycles. The number of sulfone groups is 1. The summed E-state index contributed by atoms with van der Waals surface area (Å²) in [6.45, 7) is 7.64. The van der Waals surface area contributed by atoms with Gasteiger partial charge in [0.05, 0.1) is 4.90 Å². The summed E-state index contributed by atoms with van der Waals surface area (Å²) in [7, 11) is -3.18. The molecule has 0 radical (unpaired) electrons. The first-order chi connectivity index (χ1) is 8.74. The summed E-state index contributed by atoms with van der Waals surface area (Å²) in [5.41, 5.74) is 0.0952. The van der Waals surface area contributed by atoms with Gasteiger partial charge >= 0.3 is 0 Å². The van der Waals surface area contributed by atoms with E-state index < -0.39 is 9.84 Å². The minimum Gasteiger partial charge on any atom is -0.492 e. The van der Waals surface area contributed by atoms with E-state index in [0.717, 1.165) is 13.0 Å². The summed E-state index contributed by atoms with van der Waals surface area (Å²) in [6, 6.07) is 6.58. The van der Waals surface area contributed by atoms with Crippen LogP contribution < -0.4 is 10.1 Å². The summed E-state index contributed by atoms with van der Waals surface area (Å²) in [5.74, 6) is 0.582. The normalized spacial score (nSPS) is 12.4. The van der Waals surface area contributed by atoms with Gasteiger partial charge in [-0.3, -0.25) is 0 Å². The third-order valence-electron chi connectivity index (χ3n) is 3.09. The molecule has 0 unspecified atom stereocenters. The standard InChI is InChI=1S/C14H23NO3S/c1-5-14(2,3)15-9-10-18-12-7-6-8-13(11-12)19(4,16)17/h6-8,11,15H,5,9-10H2,1-4H3.